The minimum Gasteiger partial charge on any atom is -0.493 e. The van der Waals surface area contributed by atoms with E-state index in [-0.39, 0.29) is 12.7 Å². The van der Waals surface area contributed by atoms with Gasteiger partial charge >= 0.3 is 0 Å². The number of hydrogen-bond acceptors (Lipinski definition) is 2. The van der Waals surface area contributed by atoms with Crippen molar-refractivity contribution in [1.29, 1.82) is 0 Å². The third kappa shape index (κ3) is 3.12. The van der Waals surface area contributed by atoms with Crippen LogP contribution >= 0.6 is 0 Å². The Labute approximate surface area is 106 Å². The number of aliphatic imine (C=N–C) groups is 1. The fraction of sp³-hybridized carbons (Fsp3) is 0.462. The average molecular weight is 251 g/mol. The molecule has 3 N–H and O–H groups in total. The van der Waals surface area contributed by atoms with E-state index in [9.17, 15) is 4.39 Å². The second kappa shape index (κ2) is 6.23. The summed E-state index contributed by atoms with van der Waals surface area (Å²) in [6, 6.07) is 7.99. The first-order valence-corrected chi connectivity index (χ1v) is 6.15. The monoisotopic (exact) mass is 251 g/mol. The summed E-state index contributed by atoms with van der Waals surface area (Å²) >= 11 is 0. The number of alkyl halides is 1. The molecule has 1 aliphatic rings. The molecule has 0 bridgehead atoms. The molecule has 0 aromatic heterocycles. The van der Waals surface area contributed by atoms with Crippen LogP contribution in [0, 0.1) is 0 Å². The highest BCUT2D eigenvalue weighted by atomic mass is 19.1. The molecule has 1 atom stereocenters. The molecular formula is C13H18FN3O. The number of nitrogens with two attached hydrogens (primary N) is 1. The molecule has 0 fully saturated rings. The van der Waals surface area contributed by atoms with E-state index < -0.39 is 0 Å². The summed E-state index contributed by atoms with van der Waals surface area (Å²) in [5, 5.41) is 3.16. The highest BCUT2D eigenvalue weighted by molar-refractivity contribution is 5.78. The lowest BCUT2D eigenvalue weighted by Gasteiger charge is -2.26. The van der Waals surface area contributed by atoms with Crippen molar-refractivity contribution >= 4 is 5.96 Å². The first-order chi connectivity index (χ1) is 8.81. The molecule has 0 saturated heterocycles. The Bertz CT molecular complexity index is 422. The van der Waals surface area contributed by atoms with Crippen molar-refractivity contribution in [3.63, 3.8) is 0 Å². The minimum absolute atomic E-state index is 0.115. The van der Waals surface area contributed by atoms with Crippen molar-refractivity contribution in [3.8, 4) is 5.75 Å². The molecule has 1 heterocycles. The van der Waals surface area contributed by atoms with Gasteiger partial charge < -0.3 is 15.8 Å². The molecule has 0 amide bonds. The topological polar surface area (TPSA) is 59.6 Å². The number of para-hydroxylation sites is 1. The van der Waals surface area contributed by atoms with Gasteiger partial charge in [-0.25, -0.2) is 0 Å². The van der Waals surface area contributed by atoms with Crippen molar-refractivity contribution in [2.75, 3.05) is 19.8 Å². The number of rotatable bonds is 4. The van der Waals surface area contributed by atoms with E-state index in [0.29, 0.717) is 25.5 Å². The summed E-state index contributed by atoms with van der Waals surface area (Å²) in [6.45, 7) is 0.712. The summed E-state index contributed by atoms with van der Waals surface area (Å²) in [6.07, 6.45) is 1.25. The number of benzene rings is 1. The van der Waals surface area contributed by atoms with E-state index >= 15 is 0 Å². The number of fused-ring (bicyclic) bond motifs is 1. The Balaban J connectivity index is 2.00. The van der Waals surface area contributed by atoms with E-state index in [1.165, 1.54) is 0 Å². The highest BCUT2D eigenvalue weighted by Gasteiger charge is 2.20. The average Bonchev–Trinajstić information content (AvgIpc) is 2.39. The van der Waals surface area contributed by atoms with Gasteiger partial charge in [-0.05, 0) is 12.5 Å². The predicted molar refractivity (Wildman–Crippen MR) is 69.5 cm³/mol. The Kier molecular flexibility index (Phi) is 4.39. The van der Waals surface area contributed by atoms with Gasteiger partial charge in [-0.1, -0.05) is 18.2 Å². The molecule has 0 radical (unpaired) electrons. The highest BCUT2D eigenvalue weighted by Crippen LogP contribution is 2.31. The fourth-order valence-corrected chi connectivity index (χ4v) is 1.98. The molecule has 2 rings (SSSR count). The SMILES string of the molecule is NC(=NCCCF)NC1CCOc2ccccc21. The third-order valence-corrected chi connectivity index (χ3v) is 2.85. The van der Waals surface area contributed by atoms with Crippen molar-refractivity contribution in [3.05, 3.63) is 29.8 Å². The Morgan fingerprint density at radius 3 is 3.17 bits per heavy atom. The largest absolute Gasteiger partial charge is 0.493 e. The summed E-state index contributed by atoms with van der Waals surface area (Å²) in [4.78, 5) is 4.08. The Morgan fingerprint density at radius 2 is 2.33 bits per heavy atom. The maximum absolute atomic E-state index is 12.0. The van der Waals surface area contributed by atoms with E-state index in [1.807, 2.05) is 24.3 Å². The quantitative estimate of drug-likeness (QED) is 0.487. The lowest BCUT2D eigenvalue weighted by molar-refractivity contribution is 0.262. The van der Waals surface area contributed by atoms with Gasteiger partial charge in [0, 0.05) is 18.5 Å². The predicted octanol–water partition coefficient (Wildman–Crippen LogP) is 1.77. The standard InChI is InChI=1S/C13H18FN3O/c14-7-3-8-16-13(15)17-11-6-9-18-12-5-2-1-4-10(11)12/h1-2,4-5,11H,3,6-9H2,(H3,15,16,17). The molecule has 0 spiro atoms. The zero-order chi connectivity index (χ0) is 12.8. The van der Waals surface area contributed by atoms with Crippen LogP contribution in [0.5, 0.6) is 5.75 Å². The maximum Gasteiger partial charge on any atom is 0.189 e. The van der Waals surface area contributed by atoms with Gasteiger partial charge in [0.05, 0.1) is 19.3 Å². The third-order valence-electron chi connectivity index (χ3n) is 2.85. The van der Waals surface area contributed by atoms with Crippen LogP contribution in [0.15, 0.2) is 29.3 Å². The molecule has 98 valence electrons. The van der Waals surface area contributed by atoms with Crippen LogP contribution in [-0.4, -0.2) is 25.8 Å². The van der Waals surface area contributed by atoms with Crippen molar-refractivity contribution < 1.29 is 9.13 Å². The zero-order valence-electron chi connectivity index (χ0n) is 10.2. The Morgan fingerprint density at radius 1 is 1.50 bits per heavy atom. The second-order valence-electron chi connectivity index (χ2n) is 4.18. The fourth-order valence-electron chi connectivity index (χ4n) is 1.98. The summed E-state index contributed by atoms with van der Waals surface area (Å²) in [5.41, 5.74) is 6.87. The van der Waals surface area contributed by atoms with Gasteiger partial charge in [-0.15, -0.1) is 0 Å². The molecule has 18 heavy (non-hydrogen) atoms. The van der Waals surface area contributed by atoms with Gasteiger partial charge in [0.25, 0.3) is 0 Å². The van der Waals surface area contributed by atoms with Crippen molar-refractivity contribution in [2.45, 2.75) is 18.9 Å². The second-order valence-corrected chi connectivity index (χ2v) is 4.18. The molecule has 1 unspecified atom stereocenters. The van der Waals surface area contributed by atoms with Crippen LogP contribution in [0.25, 0.3) is 0 Å². The van der Waals surface area contributed by atoms with E-state index in [1.54, 1.807) is 0 Å². The zero-order valence-corrected chi connectivity index (χ0v) is 10.2. The van der Waals surface area contributed by atoms with Crippen LogP contribution in [0.1, 0.15) is 24.4 Å². The van der Waals surface area contributed by atoms with Crippen molar-refractivity contribution in [1.82, 2.24) is 5.32 Å². The van der Waals surface area contributed by atoms with Gasteiger partial charge in [-0.2, -0.15) is 0 Å². The number of halogens is 1. The molecule has 5 heteroatoms. The minimum atomic E-state index is -0.364. The normalized spacial score (nSPS) is 18.9. The molecule has 0 aliphatic carbocycles. The van der Waals surface area contributed by atoms with Gasteiger partial charge in [0.2, 0.25) is 0 Å². The summed E-state index contributed by atoms with van der Waals surface area (Å²) < 4.78 is 17.5. The molecule has 0 saturated carbocycles. The summed E-state index contributed by atoms with van der Waals surface area (Å²) in [7, 11) is 0. The first kappa shape index (κ1) is 12.7. The van der Waals surface area contributed by atoms with Crippen LogP contribution in [0.2, 0.25) is 0 Å². The van der Waals surface area contributed by atoms with Crippen LogP contribution in [-0.2, 0) is 0 Å². The number of nitrogens with one attached hydrogen (secondary N) is 1. The molecule has 1 aromatic rings. The van der Waals surface area contributed by atoms with Gasteiger partial charge in [0.15, 0.2) is 5.96 Å². The van der Waals surface area contributed by atoms with E-state index in [4.69, 9.17) is 10.5 Å². The lowest BCUT2D eigenvalue weighted by Crippen LogP contribution is -2.37. The Hall–Kier alpha value is -1.78. The molecular weight excluding hydrogens is 233 g/mol. The molecule has 4 nitrogen and oxygen atoms in total. The lowest BCUT2D eigenvalue weighted by atomic mass is 10.0. The van der Waals surface area contributed by atoms with Crippen LogP contribution < -0.4 is 15.8 Å². The summed E-state index contributed by atoms with van der Waals surface area (Å²) in [5.74, 6) is 1.25. The number of nitrogens with zero attached hydrogens (tertiary/aromatic N) is 1. The molecule has 1 aromatic carbocycles. The van der Waals surface area contributed by atoms with E-state index in [2.05, 4.69) is 10.3 Å². The molecule has 1 aliphatic heterocycles. The van der Waals surface area contributed by atoms with E-state index in [0.717, 1.165) is 17.7 Å². The maximum atomic E-state index is 12.0. The van der Waals surface area contributed by atoms with Crippen molar-refractivity contribution in [2.24, 2.45) is 10.7 Å². The first-order valence-electron chi connectivity index (χ1n) is 6.15. The number of ether oxygens (including phenoxy) is 1. The van der Waals surface area contributed by atoms with Crippen LogP contribution in [0.3, 0.4) is 0 Å². The smallest absolute Gasteiger partial charge is 0.189 e. The number of hydrogen-bond donors (Lipinski definition) is 2. The number of guanidine groups is 1. The van der Waals surface area contributed by atoms with Gasteiger partial charge in [0.1, 0.15) is 5.75 Å². The van der Waals surface area contributed by atoms with Gasteiger partial charge in [-0.3, -0.25) is 9.38 Å². The van der Waals surface area contributed by atoms with Crippen LogP contribution in [0.4, 0.5) is 4.39 Å².